The van der Waals surface area contributed by atoms with E-state index in [1.807, 2.05) is 35.7 Å². The predicted molar refractivity (Wildman–Crippen MR) is 90.0 cm³/mol. The van der Waals surface area contributed by atoms with Crippen molar-refractivity contribution in [3.63, 3.8) is 0 Å². The Bertz CT molecular complexity index is 948. The summed E-state index contributed by atoms with van der Waals surface area (Å²) in [6, 6.07) is 16.0. The number of halogens is 1. The molecule has 0 saturated carbocycles. The zero-order chi connectivity index (χ0) is 16.4. The molecule has 0 aliphatic rings. The molecule has 0 N–H and O–H groups in total. The van der Waals surface area contributed by atoms with E-state index in [1.54, 1.807) is 12.1 Å². The van der Waals surface area contributed by atoms with Gasteiger partial charge in [-0.15, -0.1) is 11.3 Å². The highest BCUT2D eigenvalue weighted by Gasteiger charge is 2.12. The fourth-order valence-electron chi connectivity index (χ4n) is 2.31. The first kappa shape index (κ1) is 14.7. The van der Waals surface area contributed by atoms with E-state index in [9.17, 15) is 4.39 Å². The third-order valence-corrected chi connectivity index (χ3v) is 4.34. The maximum Gasteiger partial charge on any atom is 0.233 e. The molecule has 2 aromatic heterocycles. The minimum atomic E-state index is -0.256. The van der Waals surface area contributed by atoms with Gasteiger partial charge in [-0.25, -0.2) is 9.37 Å². The van der Waals surface area contributed by atoms with Gasteiger partial charge in [0, 0.05) is 16.5 Å². The molecule has 6 heteroatoms. The molecule has 2 aromatic carbocycles. The van der Waals surface area contributed by atoms with Crippen LogP contribution in [0.4, 0.5) is 4.39 Å². The molecule has 0 amide bonds. The lowest BCUT2D eigenvalue weighted by Crippen LogP contribution is -1.88. The molecule has 0 unspecified atom stereocenters. The molecule has 4 rings (SSSR count). The Kier molecular flexibility index (Phi) is 3.88. The van der Waals surface area contributed by atoms with Gasteiger partial charge < -0.3 is 4.52 Å². The third-order valence-electron chi connectivity index (χ3n) is 3.49. The first-order chi connectivity index (χ1) is 11.8. The fourth-order valence-corrected chi connectivity index (χ4v) is 3.10. The normalized spacial score (nSPS) is 10.9. The highest BCUT2D eigenvalue weighted by Crippen LogP contribution is 2.24. The second-order valence-electron chi connectivity index (χ2n) is 5.19. The topological polar surface area (TPSA) is 51.8 Å². The van der Waals surface area contributed by atoms with E-state index in [2.05, 4.69) is 15.1 Å². The largest absolute Gasteiger partial charge is 0.339 e. The van der Waals surface area contributed by atoms with Gasteiger partial charge in [0.15, 0.2) is 0 Å². The monoisotopic (exact) mass is 337 g/mol. The van der Waals surface area contributed by atoms with Crippen molar-refractivity contribution in [3.05, 3.63) is 76.7 Å². The van der Waals surface area contributed by atoms with E-state index in [1.165, 1.54) is 23.5 Å². The van der Waals surface area contributed by atoms with E-state index < -0.39 is 0 Å². The molecule has 4 aromatic rings. The van der Waals surface area contributed by atoms with Gasteiger partial charge in [-0.1, -0.05) is 35.5 Å². The van der Waals surface area contributed by atoms with Crippen LogP contribution in [0.2, 0.25) is 0 Å². The van der Waals surface area contributed by atoms with Crippen molar-refractivity contribution in [1.82, 2.24) is 15.1 Å². The number of hydrogen-bond acceptors (Lipinski definition) is 5. The number of nitrogens with zero attached hydrogens (tertiary/aromatic N) is 3. The highest BCUT2D eigenvalue weighted by molar-refractivity contribution is 7.10. The molecule has 0 bridgehead atoms. The van der Waals surface area contributed by atoms with Crippen LogP contribution in [0.1, 0.15) is 10.9 Å². The van der Waals surface area contributed by atoms with Crippen LogP contribution >= 0.6 is 11.3 Å². The molecule has 2 heterocycles. The van der Waals surface area contributed by atoms with Gasteiger partial charge in [0.05, 0.1) is 12.1 Å². The lowest BCUT2D eigenvalue weighted by atomic mass is 10.2. The second kappa shape index (κ2) is 6.33. The average Bonchev–Trinajstić information content (AvgIpc) is 3.27. The van der Waals surface area contributed by atoms with E-state index in [-0.39, 0.29) is 5.82 Å². The lowest BCUT2D eigenvalue weighted by molar-refractivity contribution is 0.385. The van der Waals surface area contributed by atoms with Crippen LogP contribution < -0.4 is 0 Å². The fraction of sp³-hybridized carbons (Fsp3) is 0.0556. The number of thiazole rings is 1. The first-order valence-electron chi connectivity index (χ1n) is 7.36. The van der Waals surface area contributed by atoms with Crippen LogP contribution in [0.15, 0.2) is 64.5 Å². The summed E-state index contributed by atoms with van der Waals surface area (Å²) in [5.74, 6) is 0.836. The van der Waals surface area contributed by atoms with E-state index >= 15 is 0 Å². The molecule has 0 atom stereocenters. The van der Waals surface area contributed by atoms with Gasteiger partial charge >= 0.3 is 0 Å². The number of benzene rings is 2. The molecule has 24 heavy (non-hydrogen) atoms. The van der Waals surface area contributed by atoms with Crippen LogP contribution in [-0.2, 0) is 6.42 Å². The van der Waals surface area contributed by atoms with Crippen LogP contribution in [0.3, 0.4) is 0 Å². The molecule has 0 spiro atoms. The van der Waals surface area contributed by atoms with E-state index in [4.69, 9.17) is 4.52 Å². The molecule has 0 saturated heterocycles. The Morgan fingerprint density at radius 1 is 0.917 bits per heavy atom. The van der Waals surface area contributed by atoms with Gasteiger partial charge in [0.2, 0.25) is 11.7 Å². The zero-order valence-electron chi connectivity index (χ0n) is 12.5. The number of aromatic nitrogens is 3. The lowest BCUT2D eigenvalue weighted by Gasteiger charge is -1.95. The molecule has 0 aliphatic carbocycles. The van der Waals surface area contributed by atoms with Gasteiger partial charge in [-0.05, 0) is 24.3 Å². The smallest absolute Gasteiger partial charge is 0.233 e. The maximum absolute atomic E-state index is 13.0. The minimum Gasteiger partial charge on any atom is -0.339 e. The van der Waals surface area contributed by atoms with E-state index in [0.29, 0.717) is 18.1 Å². The molecular formula is C18H12FN3OS. The van der Waals surface area contributed by atoms with E-state index in [0.717, 1.165) is 21.8 Å². The van der Waals surface area contributed by atoms with Crippen molar-refractivity contribution in [1.29, 1.82) is 0 Å². The van der Waals surface area contributed by atoms with Crippen molar-refractivity contribution >= 4 is 11.3 Å². The summed E-state index contributed by atoms with van der Waals surface area (Å²) >= 11 is 1.52. The van der Waals surface area contributed by atoms with Gasteiger partial charge in [0.25, 0.3) is 0 Å². The van der Waals surface area contributed by atoms with Crippen LogP contribution in [-0.4, -0.2) is 15.1 Å². The van der Waals surface area contributed by atoms with Gasteiger partial charge in [-0.3, -0.25) is 0 Å². The molecular weight excluding hydrogens is 325 g/mol. The Morgan fingerprint density at radius 3 is 2.50 bits per heavy atom. The minimum absolute atomic E-state index is 0.256. The Morgan fingerprint density at radius 2 is 1.71 bits per heavy atom. The standard InChI is InChI=1S/C18H12FN3OS/c19-14-8-6-12(7-9-14)15-11-24-17(20-15)10-16-21-18(22-23-16)13-4-2-1-3-5-13/h1-9,11H,10H2. The van der Waals surface area contributed by atoms with Crippen LogP contribution in [0.25, 0.3) is 22.6 Å². The maximum atomic E-state index is 13.0. The van der Waals surface area contributed by atoms with Crippen LogP contribution in [0.5, 0.6) is 0 Å². The van der Waals surface area contributed by atoms with Crippen LogP contribution in [0, 0.1) is 5.82 Å². The summed E-state index contributed by atoms with van der Waals surface area (Å²) in [5.41, 5.74) is 2.62. The first-order valence-corrected chi connectivity index (χ1v) is 8.24. The Labute approximate surface area is 141 Å². The molecule has 4 nitrogen and oxygen atoms in total. The molecule has 0 aliphatic heterocycles. The van der Waals surface area contributed by atoms with Crippen molar-refractivity contribution < 1.29 is 8.91 Å². The number of rotatable bonds is 4. The summed E-state index contributed by atoms with van der Waals surface area (Å²) in [5, 5.41) is 6.82. The SMILES string of the molecule is Fc1ccc(-c2csc(Cc3nc(-c4ccccc4)no3)n2)cc1. The van der Waals surface area contributed by atoms with Crippen molar-refractivity contribution in [2.24, 2.45) is 0 Å². The third kappa shape index (κ3) is 3.09. The molecule has 0 fully saturated rings. The summed E-state index contributed by atoms with van der Waals surface area (Å²) < 4.78 is 18.3. The van der Waals surface area contributed by atoms with Crippen molar-refractivity contribution in [2.45, 2.75) is 6.42 Å². The quantitative estimate of drug-likeness (QED) is 0.546. The summed E-state index contributed by atoms with van der Waals surface area (Å²) in [6.07, 6.45) is 0.478. The predicted octanol–water partition coefficient (Wildman–Crippen LogP) is 4.59. The number of hydrogen-bond donors (Lipinski definition) is 0. The highest BCUT2D eigenvalue weighted by atomic mass is 32.1. The van der Waals surface area contributed by atoms with Crippen molar-refractivity contribution in [3.8, 4) is 22.6 Å². The zero-order valence-corrected chi connectivity index (χ0v) is 13.3. The summed E-state index contributed by atoms with van der Waals surface area (Å²) in [6.45, 7) is 0. The molecule has 0 radical (unpaired) electrons. The average molecular weight is 337 g/mol. The Balaban J connectivity index is 1.52. The second-order valence-corrected chi connectivity index (χ2v) is 6.13. The Hall–Kier alpha value is -2.86. The van der Waals surface area contributed by atoms with Gasteiger partial charge in [0.1, 0.15) is 10.8 Å². The molecule has 118 valence electrons. The summed E-state index contributed by atoms with van der Waals surface area (Å²) in [7, 11) is 0. The van der Waals surface area contributed by atoms with Crippen molar-refractivity contribution in [2.75, 3.05) is 0 Å². The van der Waals surface area contributed by atoms with Gasteiger partial charge in [-0.2, -0.15) is 4.98 Å². The summed E-state index contributed by atoms with van der Waals surface area (Å²) in [4.78, 5) is 8.96.